The van der Waals surface area contributed by atoms with E-state index in [0.717, 1.165) is 12.8 Å². The summed E-state index contributed by atoms with van der Waals surface area (Å²) >= 11 is 0. The third-order valence-corrected chi connectivity index (χ3v) is 3.11. The largest absolute Gasteiger partial charge is 0.480 e. The molecule has 5 heteroatoms. The fourth-order valence-electron chi connectivity index (χ4n) is 2.44. The number of ether oxygens (including phenoxy) is 1. The minimum absolute atomic E-state index is 0.104. The SMILES string of the molecule is CC(=O)N(C(C)C)C(C(=O)O)C1CCCOC1. The molecule has 1 aliphatic rings. The van der Waals surface area contributed by atoms with E-state index < -0.39 is 12.0 Å². The van der Waals surface area contributed by atoms with Crippen LogP contribution >= 0.6 is 0 Å². The first-order valence-corrected chi connectivity index (χ1v) is 6.04. The topological polar surface area (TPSA) is 66.8 Å². The van der Waals surface area contributed by atoms with E-state index in [4.69, 9.17) is 4.74 Å². The standard InChI is InChI=1S/C12H21NO4/c1-8(2)13(9(3)14)11(12(15)16)10-5-4-6-17-7-10/h8,10-11H,4-7H2,1-3H3,(H,15,16). The van der Waals surface area contributed by atoms with Gasteiger partial charge in [-0.1, -0.05) is 0 Å². The van der Waals surface area contributed by atoms with Crippen molar-refractivity contribution in [1.82, 2.24) is 4.90 Å². The van der Waals surface area contributed by atoms with Crippen LogP contribution in [0.15, 0.2) is 0 Å². The molecule has 0 spiro atoms. The van der Waals surface area contributed by atoms with Crippen molar-refractivity contribution in [2.45, 2.75) is 45.7 Å². The summed E-state index contributed by atoms with van der Waals surface area (Å²) in [6.45, 7) is 6.19. The minimum Gasteiger partial charge on any atom is -0.480 e. The number of carbonyl (C=O) groups is 2. The summed E-state index contributed by atoms with van der Waals surface area (Å²) in [5.74, 6) is -1.24. The molecule has 1 rings (SSSR count). The maximum absolute atomic E-state index is 11.6. The molecular formula is C12H21NO4. The number of carboxylic acid groups (broad SMARTS) is 1. The molecule has 98 valence electrons. The molecule has 0 saturated carbocycles. The van der Waals surface area contributed by atoms with Crippen LogP contribution in [0.1, 0.15) is 33.6 Å². The summed E-state index contributed by atoms with van der Waals surface area (Å²) < 4.78 is 5.32. The minimum atomic E-state index is -0.940. The van der Waals surface area contributed by atoms with E-state index in [0.29, 0.717) is 13.2 Å². The van der Waals surface area contributed by atoms with Crippen molar-refractivity contribution in [3.63, 3.8) is 0 Å². The first-order chi connectivity index (χ1) is 7.95. The molecular weight excluding hydrogens is 222 g/mol. The average Bonchev–Trinajstić information content (AvgIpc) is 2.25. The second-order valence-corrected chi connectivity index (χ2v) is 4.78. The highest BCUT2D eigenvalue weighted by Gasteiger charge is 2.37. The number of carbonyl (C=O) groups excluding carboxylic acids is 1. The van der Waals surface area contributed by atoms with Gasteiger partial charge in [0.05, 0.1) is 6.61 Å². The number of hydrogen-bond donors (Lipinski definition) is 1. The monoisotopic (exact) mass is 243 g/mol. The van der Waals surface area contributed by atoms with Gasteiger partial charge in [-0.3, -0.25) is 4.79 Å². The lowest BCUT2D eigenvalue weighted by Crippen LogP contribution is -2.53. The zero-order valence-electron chi connectivity index (χ0n) is 10.7. The molecule has 2 unspecified atom stereocenters. The number of rotatable bonds is 4. The smallest absolute Gasteiger partial charge is 0.326 e. The van der Waals surface area contributed by atoms with Crippen LogP contribution in [0.2, 0.25) is 0 Å². The Hall–Kier alpha value is -1.10. The summed E-state index contributed by atoms with van der Waals surface area (Å²) in [5.41, 5.74) is 0. The van der Waals surface area contributed by atoms with E-state index >= 15 is 0 Å². The van der Waals surface area contributed by atoms with Crippen molar-refractivity contribution < 1.29 is 19.4 Å². The summed E-state index contributed by atoms with van der Waals surface area (Å²) in [5, 5.41) is 9.34. The first kappa shape index (κ1) is 14.0. The fraction of sp³-hybridized carbons (Fsp3) is 0.833. The molecule has 1 N–H and O–H groups in total. The van der Waals surface area contributed by atoms with E-state index in [2.05, 4.69) is 0 Å². The Kier molecular flexibility index (Phi) is 4.93. The lowest BCUT2D eigenvalue weighted by atomic mass is 9.91. The van der Waals surface area contributed by atoms with Gasteiger partial charge in [-0.25, -0.2) is 4.79 Å². The molecule has 1 fully saturated rings. The quantitative estimate of drug-likeness (QED) is 0.803. The third-order valence-electron chi connectivity index (χ3n) is 3.11. The molecule has 0 aromatic heterocycles. The summed E-state index contributed by atoms with van der Waals surface area (Å²) in [6, 6.07) is -0.886. The molecule has 5 nitrogen and oxygen atoms in total. The van der Waals surface area contributed by atoms with Gasteiger partial charge in [-0.15, -0.1) is 0 Å². The zero-order chi connectivity index (χ0) is 13.0. The number of carboxylic acids is 1. The maximum atomic E-state index is 11.6. The molecule has 0 bridgehead atoms. The molecule has 0 aromatic carbocycles. The normalized spacial score (nSPS) is 22.2. The molecule has 1 aliphatic heterocycles. The maximum Gasteiger partial charge on any atom is 0.326 e. The van der Waals surface area contributed by atoms with Crippen LogP contribution in [-0.2, 0) is 14.3 Å². The molecule has 1 saturated heterocycles. The Labute approximate surface area is 102 Å². The van der Waals surface area contributed by atoms with Gasteiger partial charge < -0.3 is 14.7 Å². The van der Waals surface area contributed by atoms with E-state index in [-0.39, 0.29) is 17.9 Å². The second kappa shape index (κ2) is 6.00. The average molecular weight is 243 g/mol. The van der Waals surface area contributed by atoms with Gasteiger partial charge in [-0.05, 0) is 26.7 Å². The zero-order valence-corrected chi connectivity index (χ0v) is 10.7. The van der Waals surface area contributed by atoms with Gasteiger partial charge in [0.2, 0.25) is 5.91 Å². The van der Waals surface area contributed by atoms with Gasteiger partial charge in [0.25, 0.3) is 0 Å². The Bertz CT molecular complexity index is 284. The molecule has 1 amide bonds. The molecule has 0 radical (unpaired) electrons. The molecule has 2 atom stereocenters. The Balaban J connectivity index is 2.89. The highest BCUT2D eigenvalue weighted by molar-refractivity contribution is 5.82. The van der Waals surface area contributed by atoms with Gasteiger partial charge in [0.1, 0.15) is 6.04 Å². The van der Waals surface area contributed by atoms with Crippen LogP contribution in [0.3, 0.4) is 0 Å². The number of amides is 1. The van der Waals surface area contributed by atoms with E-state index in [9.17, 15) is 14.7 Å². The number of nitrogens with zero attached hydrogens (tertiary/aromatic N) is 1. The van der Waals surface area contributed by atoms with E-state index in [1.54, 1.807) is 0 Å². The fourth-order valence-corrected chi connectivity index (χ4v) is 2.44. The summed E-state index contributed by atoms with van der Waals surface area (Å²) in [4.78, 5) is 24.4. The van der Waals surface area contributed by atoms with Crippen LogP contribution in [-0.4, -0.2) is 47.2 Å². The Morgan fingerprint density at radius 1 is 1.41 bits per heavy atom. The second-order valence-electron chi connectivity index (χ2n) is 4.78. The van der Waals surface area contributed by atoms with Crippen molar-refractivity contribution in [3.05, 3.63) is 0 Å². The van der Waals surface area contributed by atoms with E-state index in [1.807, 2.05) is 13.8 Å². The van der Waals surface area contributed by atoms with Crippen molar-refractivity contribution in [2.24, 2.45) is 5.92 Å². The van der Waals surface area contributed by atoms with Crippen molar-refractivity contribution >= 4 is 11.9 Å². The molecule has 17 heavy (non-hydrogen) atoms. The predicted octanol–water partition coefficient (Wildman–Crippen LogP) is 1.12. The van der Waals surface area contributed by atoms with Crippen LogP contribution in [0.25, 0.3) is 0 Å². The lowest BCUT2D eigenvalue weighted by molar-refractivity contribution is -0.156. The van der Waals surface area contributed by atoms with Gasteiger partial charge in [-0.2, -0.15) is 0 Å². The number of aliphatic carboxylic acids is 1. The van der Waals surface area contributed by atoms with Crippen LogP contribution in [0.5, 0.6) is 0 Å². The third kappa shape index (κ3) is 3.43. The Morgan fingerprint density at radius 3 is 2.41 bits per heavy atom. The summed E-state index contributed by atoms with van der Waals surface area (Å²) in [6.07, 6.45) is 1.66. The van der Waals surface area contributed by atoms with Gasteiger partial charge in [0.15, 0.2) is 0 Å². The van der Waals surface area contributed by atoms with Gasteiger partial charge in [0, 0.05) is 25.5 Å². The van der Waals surface area contributed by atoms with E-state index in [1.165, 1.54) is 11.8 Å². The first-order valence-electron chi connectivity index (χ1n) is 6.04. The van der Waals surface area contributed by atoms with Gasteiger partial charge >= 0.3 is 5.97 Å². The van der Waals surface area contributed by atoms with Crippen molar-refractivity contribution in [3.8, 4) is 0 Å². The van der Waals surface area contributed by atoms with Crippen molar-refractivity contribution in [1.29, 1.82) is 0 Å². The van der Waals surface area contributed by atoms with Crippen LogP contribution in [0, 0.1) is 5.92 Å². The molecule has 1 heterocycles. The highest BCUT2D eigenvalue weighted by Crippen LogP contribution is 2.23. The summed E-state index contributed by atoms with van der Waals surface area (Å²) in [7, 11) is 0. The predicted molar refractivity (Wildman–Crippen MR) is 62.6 cm³/mol. The van der Waals surface area contributed by atoms with Crippen molar-refractivity contribution in [2.75, 3.05) is 13.2 Å². The number of hydrogen-bond acceptors (Lipinski definition) is 3. The molecule has 0 aliphatic carbocycles. The highest BCUT2D eigenvalue weighted by atomic mass is 16.5. The van der Waals surface area contributed by atoms with Crippen LogP contribution < -0.4 is 0 Å². The molecule has 0 aromatic rings. The lowest BCUT2D eigenvalue weighted by Gasteiger charge is -2.37. The van der Waals surface area contributed by atoms with Crippen LogP contribution in [0.4, 0.5) is 0 Å². The Morgan fingerprint density at radius 2 is 2.06 bits per heavy atom.